The van der Waals surface area contributed by atoms with Gasteiger partial charge in [-0.25, -0.2) is 4.79 Å². The Hall–Kier alpha value is -2.49. The van der Waals surface area contributed by atoms with Gasteiger partial charge in [-0.1, -0.05) is 37.3 Å². The second kappa shape index (κ2) is 8.08. The Morgan fingerprint density at radius 1 is 1.09 bits per heavy atom. The van der Waals surface area contributed by atoms with E-state index in [0.717, 1.165) is 35.4 Å². The first kappa shape index (κ1) is 15.9. The number of para-hydroxylation sites is 1. The topological polar surface area (TPSA) is 50.4 Å². The van der Waals surface area contributed by atoms with Crippen molar-refractivity contribution in [2.45, 2.75) is 19.8 Å². The fourth-order valence-corrected chi connectivity index (χ4v) is 2.23. The average molecular weight is 298 g/mol. The first-order valence-corrected chi connectivity index (χ1v) is 7.48. The van der Waals surface area contributed by atoms with E-state index in [9.17, 15) is 4.79 Å². The van der Waals surface area contributed by atoms with E-state index >= 15 is 0 Å². The average Bonchev–Trinajstić information content (AvgIpc) is 2.56. The normalized spacial score (nSPS) is 10.1. The number of carbonyl (C=O) groups is 1. The summed E-state index contributed by atoms with van der Waals surface area (Å²) >= 11 is 0. The molecule has 0 radical (unpaired) electrons. The largest absolute Gasteiger partial charge is 0.497 e. The number of rotatable bonds is 6. The molecule has 0 aliphatic carbocycles. The molecule has 2 aromatic carbocycles. The first-order chi connectivity index (χ1) is 10.7. The van der Waals surface area contributed by atoms with Crippen LogP contribution in [0, 0.1) is 0 Å². The van der Waals surface area contributed by atoms with Gasteiger partial charge in [-0.15, -0.1) is 0 Å². The molecule has 0 spiro atoms. The molecule has 0 atom stereocenters. The van der Waals surface area contributed by atoms with Gasteiger partial charge in [0.05, 0.1) is 7.11 Å². The smallest absolute Gasteiger partial charge is 0.319 e. The summed E-state index contributed by atoms with van der Waals surface area (Å²) < 4.78 is 5.12. The minimum atomic E-state index is -0.172. The van der Waals surface area contributed by atoms with Crippen LogP contribution in [0.5, 0.6) is 5.75 Å². The summed E-state index contributed by atoms with van der Waals surface area (Å²) in [5.74, 6) is 0.839. The number of urea groups is 1. The van der Waals surface area contributed by atoms with Gasteiger partial charge in [0.25, 0.3) is 0 Å². The van der Waals surface area contributed by atoms with Gasteiger partial charge in [0.15, 0.2) is 0 Å². The highest BCUT2D eigenvalue weighted by Crippen LogP contribution is 2.15. The summed E-state index contributed by atoms with van der Waals surface area (Å²) in [6.45, 7) is 2.66. The van der Waals surface area contributed by atoms with Crippen molar-refractivity contribution in [3.05, 3.63) is 59.7 Å². The Labute approximate surface area is 131 Å². The lowest BCUT2D eigenvalue weighted by molar-refractivity contribution is 0.252. The van der Waals surface area contributed by atoms with Crippen LogP contribution < -0.4 is 15.4 Å². The summed E-state index contributed by atoms with van der Waals surface area (Å²) in [7, 11) is 1.65. The maximum atomic E-state index is 11.9. The Morgan fingerprint density at radius 3 is 2.50 bits per heavy atom. The second-order valence-electron chi connectivity index (χ2n) is 4.99. The van der Waals surface area contributed by atoms with Crippen molar-refractivity contribution in [1.82, 2.24) is 5.32 Å². The van der Waals surface area contributed by atoms with Crippen molar-refractivity contribution in [3.8, 4) is 5.75 Å². The number of aryl methyl sites for hydroxylation is 1. The summed E-state index contributed by atoms with van der Waals surface area (Å²) in [4.78, 5) is 11.9. The van der Waals surface area contributed by atoms with Crippen molar-refractivity contribution in [2.24, 2.45) is 0 Å². The molecule has 2 rings (SSSR count). The van der Waals surface area contributed by atoms with E-state index in [1.165, 1.54) is 0 Å². The molecule has 2 amide bonds. The zero-order valence-electron chi connectivity index (χ0n) is 13.1. The molecule has 4 nitrogen and oxygen atoms in total. The van der Waals surface area contributed by atoms with Crippen LogP contribution in [0.25, 0.3) is 0 Å². The first-order valence-electron chi connectivity index (χ1n) is 7.48. The summed E-state index contributed by atoms with van der Waals surface area (Å²) in [5.41, 5.74) is 3.16. The van der Waals surface area contributed by atoms with Crippen molar-refractivity contribution in [3.63, 3.8) is 0 Å². The zero-order chi connectivity index (χ0) is 15.8. The van der Waals surface area contributed by atoms with Crippen LogP contribution in [0.2, 0.25) is 0 Å². The molecular weight excluding hydrogens is 276 g/mol. The van der Waals surface area contributed by atoms with Crippen molar-refractivity contribution >= 4 is 11.7 Å². The van der Waals surface area contributed by atoms with Crippen LogP contribution in [-0.4, -0.2) is 19.7 Å². The number of benzene rings is 2. The van der Waals surface area contributed by atoms with E-state index in [1.807, 2.05) is 48.5 Å². The highest BCUT2D eigenvalue weighted by molar-refractivity contribution is 5.90. The fourth-order valence-electron chi connectivity index (χ4n) is 2.23. The summed E-state index contributed by atoms with van der Waals surface area (Å²) in [6, 6.07) is 15.5. The highest BCUT2D eigenvalue weighted by Gasteiger charge is 2.04. The lowest BCUT2D eigenvalue weighted by Crippen LogP contribution is -2.30. The predicted octanol–water partition coefficient (Wildman–Crippen LogP) is 3.62. The Kier molecular flexibility index (Phi) is 5.83. The number of anilines is 1. The number of ether oxygens (including phenoxy) is 1. The summed E-state index contributed by atoms with van der Waals surface area (Å²) in [6.07, 6.45) is 1.68. The lowest BCUT2D eigenvalue weighted by atomic mass is 10.1. The maximum Gasteiger partial charge on any atom is 0.319 e. The molecule has 0 aliphatic heterocycles. The molecule has 0 unspecified atom stereocenters. The van der Waals surface area contributed by atoms with Crippen LogP contribution in [0.3, 0.4) is 0 Å². The molecule has 0 aromatic heterocycles. The molecule has 0 aliphatic rings. The van der Waals surface area contributed by atoms with Gasteiger partial charge in [0, 0.05) is 12.2 Å². The molecule has 0 fully saturated rings. The molecule has 116 valence electrons. The van der Waals surface area contributed by atoms with Gasteiger partial charge in [0.1, 0.15) is 5.75 Å². The molecule has 2 aromatic rings. The molecule has 2 N–H and O–H groups in total. The molecule has 0 saturated carbocycles. The van der Waals surface area contributed by atoms with Crippen LogP contribution in [-0.2, 0) is 12.8 Å². The fraction of sp³-hybridized carbons (Fsp3) is 0.278. The van der Waals surface area contributed by atoms with E-state index in [2.05, 4.69) is 17.6 Å². The third kappa shape index (κ3) is 4.52. The number of methoxy groups -OCH3 is 1. The Morgan fingerprint density at radius 2 is 1.82 bits per heavy atom. The molecule has 0 bridgehead atoms. The van der Waals surface area contributed by atoms with E-state index in [1.54, 1.807) is 7.11 Å². The van der Waals surface area contributed by atoms with E-state index in [0.29, 0.717) is 6.54 Å². The van der Waals surface area contributed by atoms with Crippen molar-refractivity contribution in [1.29, 1.82) is 0 Å². The minimum Gasteiger partial charge on any atom is -0.497 e. The van der Waals surface area contributed by atoms with Crippen LogP contribution in [0.4, 0.5) is 10.5 Å². The van der Waals surface area contributed by atoms with Crippen LogP contribution in [0.1, 0.15) is 18.1 Å². The van der Waals surface area contributed by atoms with Crippen molar-refractivity contribution < 1.29 is 9.53 Å². The van der Waals surface area contributed by atoms with E-state index < -0.39 is 0 Å². The van der Waals surface area contributed by atoms with Crippen LogP contribution in [0.15, 0.2) is 48.5 Å². The number of carbonyl (C=O) groups excluding carboxylic acids is 1. The zero-order valence-corrected chi connectivity index (χ0v) is 13.1. The molecule has 22 heavy (non-hydrogen) atoms. The van der Waals surface area contributed by atoms with Gasteiger partial charge in [-0.05, 0) is 42.2 Å². The van der Waals surface area contributed by atoms with Crippen molar-refractivity contribution in [2.75, 3.05) is 19.0 Å². The van der Waals surface area contributed by atoms with Gasteiger partial charge in [-0.3, -0.25) is 0 Å². The Bertz CT molecular complexity index is 609. The van der Waals surface area contributed by atoms with Gasteiger partial charge in [-0.2, -0.15) is 0 Å². The van der Waals surface area contributed by atoms with E-state index in [4.69, 9.17) is 4.74 Å². The third-order valence-corrected chi connectivity index (χ3v) is 3.50. The lowest BCUT2D eigenvalue weighted by Gasteiger charge is -2.11. The quantitative estimate of drug-likeness (QED) is 0.855. The number of nitrogens with one attached hydrogen (secondary N) is 2. The standard InChI is InChI=1S/C18H22N2O2/c1-3-15-6-4-5-7-17(15)20-18(21)19-13-12-14-8-10-16(22-2)11-9-14/h4-11H,3,12-13H2,1-2H3,(H2,19,20,21). The Balaban J connectivity index is 1.80. The predicted molar refractivity (Wildman–Crippen MR) is 89.5 cm³/mol. The van der Waals surface area contributed by atoms with Crippen LogP contribution >= 0.6 is 0 Å². The maximum absolute atomic E-state index is 11.9. The second-order valence-corrected chi connectivity index (χ2v) is 4.99. The van der Waals surface area contributed by atoms with Gasteiger partial charge >= 0.3 is 6.03 Å². The summed E-state index contributed by atoms with van der Waals surface area (Å²) in [5, 5.41) is 5.77. The molecule has 0 heterocycles. The SMILES string of the molecule is CCc1ccccc1NC(=O)NCCc1ccc(OC)cc1. The van der Waals surface area contributed by atoms with Gasteiger partial charge in [0.2, 0.25) is 0 Å². The molecule has 4 heteroatoms. The number of hydrogen-bond acceptors (Lipinski definition) is 2. The number of amides is 2. The monoisotopic (exact) mass is 298 g/mol. The molecular formula is C18H22N2O2. The third-order valence-electron chi connectivity index (χ3n) is 3.50. The van der Waals surface area contributed by atoms with E-state index in [-0.39, 0.29) is 6.03 Å². The highest BCUT2D eigenvalue weighted by atomic mass is 16.5. The van der Waals surface area contributed by atoms with Gasteiger partial charge < -0.3 is 15.4 Å². The number of hydrogen-bond donors (Lipinski definition) is 2. The molecule has 0 saturated heterocycles. The minimum absolute atomic E-state index is 0.172.